The Bertz CT molecular complexity index is 1130. The van der Waals surface area contributed by atoms with Crippen LogP contribution in [0.1, 0.15) is 22.3 Å². The van der Waals surface area contributed by atoms with E-state index in [1.165, 1.54) is 0 Å². The molecule has 32 heavy (non-hydrogen) atoms. The summed E-state index contributed by atoms with van der Waals surface area (Å²) in [6.45, 7) is 1.91. The Morgan fingerprint density at radius 2 is 2.09 bits per heavy atom. The van der Waals surface area contributed by atoms with E-state index < -0.39 is 0 Å². The fraction of sp³-hybridized carbons (Fsp3) is 0.240. The van der Waals surface area contributed by atoms with Crippen LogP contribution in [0, 0.1) is 0 Å². The van der Waals surface area contributed by atoms with Gasteiger partial charge in [-0.25, -0.2) is 9.97 Å². The average Bonchev–Trinajstić information content (AvgIpc) is 2.78. The van der Waals surface area contributed by atoms with Crippen LogP contribution in [0.25, 0.3) is 17.3 Å². The molecule has 1 aliphatic heterocycles. The summed E-state index contributed by atoms with van der Waals surface area (Å²) >= 11 is 0. The molecule has 164 valence electrons. The zero-order valence-electron chi connectivity index (χ0n) is 18.3. The molecule has 0 aliphatic carbocycles. The van der Waals surface area contributed by atoms with Crippen molar-refractivity contribution in [2.75, 3.05) is 39.1 Å². The zero-order valence-corrected chi connectivity index (χ0v) is 18.3. The molecule has 0 radical (unpaired) electrons. The van der Waals surface area contributed by atoms with E-state index in [0.717, 1.165) is 41.2 Å². The number of carbonyl (C=O) groups is 1. The quantitative estimate of drug-likeness (QED) is 0.653. The third-order valence-corrected chi connectivity index (χ3v) is 4.97. The number of fused-ring (bicyclic) bond motifs is 7. The van der Waals surface area contributed by atoms with Crippen molar-refractivity contribution in [3.63, 3.8) is 0 Å². The molecule has 1 amide bonds. The van der Waals surface area contributed by atoms with Crippen LogP contribution in [0.5, 0.6) is 5.75 Å². The first-order valence-corrected chi connectivity index (χ1v) is 10.6. The molecule has 0 fully saturated rings. The van der Waals surface area contributed by atoms with Crippen LogP contribution in [-0.2, 0) is 0 Å². The molecule has 0 saturated heterocycles. The highest BCUT2D eigenvalue weighted by molar-refractivity contribution is 5.96. The molecule has 3 aromatic rings. The average molecular weight is 430 g/mol. The second-order valence-electron chi connectivity index (χ2n) is 7.86. The van der Waals surface area contributed by atoms with Gasteiger partial charge in [0, 0.05) is 36.1 Å². The predicted molar refractivity (Wildman–Crippen MR) is 127 cm³/mol. The number of rotatable bonds is 4. The number of nitrogens with one attached hydrogen (secondary N) is 2. The first kappa shape index (κ1) is 21.5. The van der Waals surface area contributed by atoms with Gasteiger partial charge in [0.2, 0.25) is 5.95 Å². The molecule has 4 rings (SSSR count). The summed E-state index contributed by atoms with van der Waals surface area (Å²) in [5.41, 5.74) is 3.99. The van der Waals surface area contributed by atoms with Crippen LogP contribution in [0.15, 0.2) is 60.8 Å². The molecule has 1 aliphatic rings. The minimum atomic E-state index is -0.114. The molecule has 0 saturated carbocycles. The van der Waals surface area contributed by atoms with Crippen molar-refractivity contribution >= 4 is 23.6 Å². The Morgan fingerprint density at radius 3 is 2.97 bits per heavy atom. The van der Waals surface area contributed by atoms with Gasteiger partial charge in [0.25, 0.3) is 5.91 Å². The molecule has 6 bridgehead atoms. The third kappa shape index (κ3) is 5.70. The smallest absolute Gasteiger partial charge is 0.251 e. The number of likely N-dealkylation sites (N-methyl/N-ethyl adjacent to an activating group) is 1. The van der Waals surface area contributed by atoms with E-state index in [4.69, 9.17) is 4.74 Å². The lowest BCUT2D eigenvalue weighted by Gasteiger charge is -2.12. The Morgan fingerprint density at radius 1 is 1.19 bits per heavy atom. The lowest BCUT2D eigenvalue weighted by molar-refractivity contribution is 0.0951. The zero-order chi connectivity index (χ0) is 22.3. The summed E-state index contributed by atoms with van der Waals surface area (Å²) in [7, 11) is 3.95. The molecule has 0 unspecified atom stereocenters. The first-order chi connectivity index (χ1) is 15.6. The fourth-order valence-corrected chi connectivity index (χ4v) is 3.36. The minimum absolute atomic E-state index is 0.114. The van der Waals surface area contributed by atoms with E-state index in [1.54, 1.807) is 6.20 Å². The summed E-state index contributed by atoms with van der Waals surface area (Å²) in [5, 5.41) is 6.23. The van der Waals surface area contributed by atoms with Gasteiger partial charge in [0.05, 0.1) is 12.3 Å². The lowest BCUT2D eigenvalue weighted by Crippen LogP contribution is -2.31. The predicted octanol–water partition coefficient (Wildman–Crippen LogP) is 3.97. The van der Waals surface area contributed by atoms with Gasteiger partial charge in [-0.05, 0) is 62.5 Å². The second-order valence-corrected chi connectivity index (χ2v) is 7.86. The van der Waals surface area contributed by atoms with Crippen LogP contribution in [0.4, 0.5) is 11.6 Å². The van der Waals surface area contributed by atoms with Crippen LogP contribution < -0.4 is 15.4 Å². The Balaban J connectivity index is 1.66. The number of aromatic nitrogens is 2. The van der Waals surface area contributed by atoms with Crippen LogP contribution in [0.2, 0.25) is 0 Å². The van der Waals surface area contributed by atoms with Gasteiger partial charge in [-0.2, -0.15) is 0 Å². The lowest BCUT2D eigenvalue weighted by atomic mass is 10.1. The van der Waals surface area contributed by atoms with Gasteiger partial charge in [-0.3, -0.25) is 4.79 Å². The van der Waals surface area contributed by atoms with E-state index in [0.29, 0.717) is 24.7 Å². The largest absolute Gasteiger partial charge is 0.493 e. The van der Waals surface area contributed by atoms with Crippen LogP contribution in [0.3, 0.4) is 0 Å². The highest BCUT2D eigenvalue weighted by atomic mass is 16.5. The molecule has 7 heteroatoms. The molecule has 2 heterocycles. The number of carbonyl (C=O) groups excluding carboxylic acids is 1. The van der Waals surface area contributed by atoms with Crippen LogP contribution in [-0.4, -0.2) is 54.6 Å². The standard InChI is InChI=1S/C25H27N5O2/c1-30(2)12-11-26-24(31)20-14-18-6-3-4-13-32-22-8-5-7-19(17-22)23-9-10-27-25(29-23)28-21(15-18)16-20/h3,5-10,14-17H,4,11-13H2,1-2H3,(H,26,31)(H,27,28,29)/b6-3-. The van der Waals surface area contributed by atoms with Gasteiger partial charge >= 0.3 is 0 Å². The van der Waals surface area contributed by atoms with Gasteiger partial charge in [-0.15, -0.1) is 0 Å². The van der Waals surface area contributed by atoms with E-state index in [2.05, 4.69) is 20.6 Å². The number of amides is 1. The highest BCUT2D eigenvalue weighted by Gasteiger charge is 2.10. The summed E-state index contributed by atoms with van der Waals surface area (Å²) < 4.78 is 5.90. The SMILES string of the molecule is CN(C)CCNC(=O)c1cc2cc(c1)Nc1nccc(n1)-c1cccc(c1)OCC/C=C\2. The van der Waals surface area contributed by atoms with E-state index in [1.807, 2.05) is 79.7 Å². The van der Waals surface area contributed by atoms with Crippen molar-refractivity contribution in [3.05, 3.63) is 71.9 Å². The highest BCUT2D eigenvalue weighted by Crippen LogP contribution is 2.25. The maximum Gasteiger partial charge on any atom is 0.251 e. The molecule has 0 atom stereocenters. The van der Waals surface area contributed by atoms with Crippen LogP contribution >= 0.6 is 0 Å². The maximum absolute atomic E-state index is 12.7. The van der Waals surface area contributed by atoms with Crippen molar-refractivity contribution in [3.8, 4) is 17.0 Å². The number of hydrogen-bond acceptors (Lipinski definition) is 6. The number of hydrogen-bond donors (Lipinski definition) is 2. The first-order valence-electron chi connectivity index (χ1n) is 10.6. The summed E-state index contributed by atoms with van der Waals surface area (Å²) in [5.74, 6) is 1.15. The third-order valence-electron chi connectivity index (χ3n) is 4.97. The summed E-state index contributed by atoms with van der Waals surface area (Å²) in [6.07, 6.45) is 6.51. The van der Waals surface area contributed by atoms with E-state index >= 15 is 0 Å². The molecule has 7 nitrogen and oxygen atoms in total. The Hall–Kier alpha value is -3.71. The topological polar surface area (TPSA) is 79.4 Å². The minimum Gasteiger partial charge on any atom is -0.493 e. The number of benzene rings is 2. The molecule has 1 aromatic heterocycles. The summed E-state index contributed by atoms with van der Waals surface area (Å²) in [6, 6.07) is 15.4. The van der Waals surface area contributed by atoms with Crippen molar-refractivity contribution in [2.24, 2.45) is 0 Å². The fourth-order valence-electron chi connectivity index (χ4n) is 3.36. The van der Waals surface area contributed by atoms with Crippen molar-refractivity contribution < 1.29 is 9.53 Å². The van der Waals surface area contributed by atoms with E-state index in [9.17, 15) is 4.79 Å². The molecule has 2 aromatic carbocycles. The summed E-state index contributed by atoms with van der Waals surface area (Å²) in [4.78, 5) is 23.8. The Labute approximate surface area is 188 Å². The van der Waals surface area contributed by atoms with Gasteiger partial charge in [0.1, 0.15) is 5.75 Å². The van der Waals surface area contributed by atoms with Crippen molar-refractivity contribution in [2.45, 2.75) is 6.42 Å². The maximum atomic E-state index is 12.7. The van der Waals surface area contributed by atoms with E-state index in [-0.39, 0.29) is 5.91 Å². The van der Waals surface area contributed by atoms with Crippen molar-refractivity contribution in [1.29, 1.82) is 0 Å². The molecular weight excluding hydrogens is 402 g/mol. The number of nitrogens with zero attached hydrogens (tertiary/aromatic N) is 3. The normalized spacial score (nSPS) is 13.8. The molecule has 2 N–H and O–H groups in total. The van der Waals surface area contributed by atoms with Gasteiger partial charge in [0.15, 0.2) is 0 Å². The van der Waals surface area contributed by atoms with Crippen molar-refractivity contribution in [1.82, 2.24) is 20.2 Å². The Kier molecular flexibility index (Phi) is 6.77. The second kappa shape index (κ2) is 10.1. The molecule has 0 spiro atoms. The number of ether oxygens (including phenoxy) is 1. The molecular formula is C25H27N5O2. The monoisotopic (exact) mass is 429 g/mol. The van der Waals surface area contributed by atoms with Gasteiger partial charge < -0.3 is 20.3 Å². The number of anilines is 2. The van der Waals surface area contributed by atoms with Gasteiger partial charge in [-0.1, -0.05) is 24.3 Å².